The Kier molecular flexibility index (Phi) is 7.66. The number of nitrogens with zero attached hydrogens (tertiary/aromatic N) is 3. The molecule has 1 N–H and O–H groups in total. The van der Waals surface area contributed by atoms with Crippen LogP contribution in [0.4, 0.5) is 0 Å². The van der Waals surface area contributed by atoms with Gasteiger partial charge in [0.05, 0.1) is 12.2 Å². The number of hydrogen-bond donors (Lipinski definition) is 1. The van der Waals surface area contributed by atoms with E-state index >= 15 is 0 Å². The fraction of sp³-hybridized carbons (Fsp3) is 0.733. The van der Waals surface area contributed by atoms with E-state index in [0.717, 1.165) is 51.9 Å². The topological polar surface area (TPSA) is 50.2 Å². The van der Waals surface area contributed by atoms with Crippen molar-refractivity contribution >= 4 is 30.7 Å². The lowest BCUT2D eigenvalue weighted by Gasteiger charge is -2.33. The second-order valence-electron chi connectivity index (χ2n) is 5.88. The third kappa shape index (κ3) is 4.15. The molecule has 2 aliphatic heterocycles. The molecule has 5 nitrogen and oxygen atoms in total. The number of hydrogen-bond acceptors (Lipinski definition) is 3. The number of carbonyl (C=O) groups is 1. The first-order chi connectivity index (χ1) is 9.78. The standard InChI is InChI=1S/C15H24N4O.2ClH/c1-2-19-11-13(10-17-19)12-5-8-18(9-6-12)15(20)14-4-3-7-16-14;;/h10-12,14,16H,2-9H2,1H3;2*1H. The van der Waals surface area contributed by atoms with Crippen LogP contribution in [0.3, 0.4) is 0 Å². The largest absolute Gasteiger partial charge is 0.341 e. The molecule has 2 saturated heterocycles. The summed E-state index contributed by atoms with van der Waals surface area (Å²) < 4.78 is 1.98. The summed E-state index contributed by atoms with van der Waals surface area (Å²) in [4.78, 5) is 14.4. The third-order valence-electron chi connectivity index (χ3n) is 4.61. The first kappa shape index (κ1) is 19.3. The van der Waals surface area contributed by atoms with Gasteiger partial charge < -0.3 is 10.2 Å². The van der Waals surface area contributed by atoms with E-state index in [9.17, 15) is 4.79 Å². The molecule has 0 aliphatic carbocycles. The maximum atomic E-state index is 12.3. The Labute approximate surface area is 144 Å². The molecule has 1 amide bonds. The van der Waals surface area contributed by atoms with E-state index in [2.05, 4.69) is 23.5 Å². The van der Waals surface area contributed by atoms with Crippen LogP contribution in [-0.2, 0) is 11.3 Å². The average Bonchev–Trinajstić information content (AvgIpc) is 3.18. The van der Waals surface area contributed by atoms with Crippen LogP contribution in [0.15, 0.2) is 12.4 Å². The molecule has 2 fully saturated rings. The second kappa shape index (κ2) is 8.75. The van der Waals surface area contributed by atoms with Gasteiger partial charge in [-0.25, -0.2) is 0 Å². The van der Waals surface area contributed by atoms with Gasteiger partial charge in [-0.2, -0.15) is 5.10 Å². The summed E-state index contributed by atoms with van der Waals surface area (Å²) in [6.07, 6.45) is 8.40. The van der Waals surface area contributed by atoms with Crippen molar-refractivity contribution in [2.24, 2.45) is 0 Å². The molecule has 22 heavy (non-hydrogen) atoms. The van der Waals surface area contributed by atoms with Gasteiger partial charge in [-0.1, -0.05) is 0 Å². The number of aryl methyl sites for hydroxylation is 1. The SMILES string of the molecule is CCn1cc(C2CCN(C(=O)C3CCCN3)CC2)cn1.Cl.Cl. The third-order valence-corrected chi connectivity index (χ3v) is 4.61. The Morgan fingerprint density at radius 3 is 2.59 bits per heavy atom. The predicted octanol–water partition coefficient (Wildman–Crippen LogP) is 2.20. The number of carbonyl (C=O) groups excluding carboxylic acids is 1. The van der Waals surface area contributed by atoms with Gasteiger partial charge in [0.25, 0.3) is 0 Å². The summed E-state index contributed by atoms with van der Waals surface area (Å²) >= 11 is 0. The molecule has 3 heterocycles. The Hall–Kier alpha value is -0.780. The van der Waals surface area contributed by atoms with Crippen LogP contribution < -0.4 is 5.32 Å². The molecule has 2 aliphatic rings. The molecule has 0 aromatic carbocycles. The fourth-order valence-electron chi connectivity index (χ4n) is 3.31. The fourth-order valence-corrected chi connectivity index (χ4v) is 3.31. The predicted molar refractivity (Wildman–Crippen MR) is 92.0 cm³/mol. The molecule has 1 atom stereocenters. The minimum Gasteiger partial charge on any atom is -0.341 e. The zero-order valence-electron chi connectivity index (χ0n) is 13.0. The van der Waals surface area contributed by atoms with Gasteiger partial charge in [-0.3, -0.25) is 9.48 Å². The number of aromatic nitrogens is 2. The number of nitrogens with one attached hydrogen (secondary N) is 1. The van der Waals surface area contributed by atoms with Crippen LogP contribution in [0.2, 0.25) is 0 Å². The van der Waals surface area contributed by atoms with Crippen LogP contribution in [0.5, 0.6) is 0 Å². The van der Waals surface area contributed by atoms with Crippen molar-refractivity contribution in [3.05, 3.63) is 18.0 Å². The van der Waals surface area contributed by atoms with Crippen molar-refractivity contribution in [1.82, 2.24) is 20.0 Å². The van der Waals surface area contributed by atoms with Gasteiger partial charge in [0.1, 0.15) is 0 Å². The smallest absolute Gasteiger partial charge is 0.239 e. The van der Waals surface area contributed by atoms with Crippen LogP contribution in [0, 0.1) is 0 Å². The van der Waals surface area contributed by atoms with E-state index < -0.39 is 0 Å². The summed E-state index contributed by atoms with van der Waals surface area (Å²) in [6.45, 7) is 5.79. The number of likely N-dealkylation sites (tertiary alicyclic amines) is 1. The maximum Gasteiger partial charge on any atom is 0.239 e. The van der Waals surface area contributed by atoms with Crippen LogP contribution in [0.1, 0.15) is 44.1 Å². The van der Waals surface area contributed by atoms with Crippen molar-refractivity contribution in [1.29, 1.82) is 0 Å². The summed E-state index contributed by atoms with van der Waals surface area (Å²) in [5.74, 6) is 0.876. The zero-order valence-corrected chi connectivity index (χ0v) is 14.7. The monoisotopic (exact) mass is 348 g/mol. The molecule has 0 radical (unpaired) electrons. The van der Waals surface area contributed by atoms with Gasteiger partial charge in [0.2, 0.25) is 5.91 Å². The van der Waals surface area contributed by atoms with Gasteiger partial charge in [-0.15, -0.1) is 24.8 Å². The highest BCUT2D eigenvalue weighted by Gasteiger charge is 2.30. The highest BCUT2D eigenvalue weighted by Crippen LogP contribution is 2.28. The summed E-state index contributed by atoms with van der Waals surface area (Å²) in [6, 6.07) is 0.0781. The first-order valence-corrected chi connectivity index (χ1v) is 7.82. The van der Waals surface area contributed by atoms with E-state index in [-0.39, 0.29) is 30.9 Å². The van der Waals surface area contributed by atoms with Crippen molar-refractivity contribution in [2.75, 3.05) is 19.6 Å². The quantitative estimate of drug-likeness (QED) is 0.910. The summed E-state index contributed by atoms with van der Waals surface area (Å²) in [5.41, 5.74) is 1.33. The van der Waals surface area contributed by atoms with Gasteiger partial charge in [-0.05, 0) is 50.6 Å². The van der Waals surface area contributed by atoms with Crippen LogP contribution >= 0.6 is 24.8 Å². The lowest BCUT2D eigenvalue weighted by Crippen LogP contribution is -2.46. The normalized spacial score (nSPS) is 22.0. The first-order valence-electron chi connectivity index (χ1n) is 7.82. The number of piperidine rings is 1. The summed E-state index contributed by atoms with van der Waals surface area (Å²) in [7, 11) is 0. The molecular formula is C15H26Cl2N4O. The molecule has 3 rings (SSSR count). The molecule has 1 aromatic heterocycles. The minimum atomic E-state index is 0. The second-order valence-corrected chi connectivity index (χ2v) is 5.88. The van der Waals surface area contributed by atoms with Gasteiger partial charge >= 0.3 is 0 Å². The van der Waals surface area contributed by atoms with Crippen molar-refractivity contribution < 1.29 is 4.79 Å². The minimum absolute atomic E-state index is 0. The molecule has 0 bridgehead atoms. The molecule has 1 aromatic rings. The highest BCUT2D eigenvalue weighted by atomic mass is 35.5. The highest BCUT2D eigenvalue weighted by molar-refractivity contribution is 5.85. The van der Waals surface area contributed by atoms with Crippen molar-refractivity contribution in [3.63, 3.8) is 0 Å². The molecule has 126 valence electrons. The molecule has 0 saturated carbocycles. The Bertz CT molecular complexity index is 466. The van der Waals surface area contributed by atoms with Crippen LogP contribution in [-0.4, -0.2) is 46.3 Å². The number of rotatable bonds is 3. The number of halogens is 2. The lowest BCUT2D eigenvalue weighted by atomic mass is 9.91. The maximum absolute atomic E-state index is 12.3. The average molecular weight is 349 g/mol. The Morgan fingerprint density at radius 2 is 2.05 bits per heavy atom. The van der Waals surface area contributed by atoms with Crippen LogP contribution in [0.25, 0.3) is 0 Å². The molecular weight excluding hydrogens is 323 g/mol. The molecule has 7 heteroatoms. The van der Waals surface area contributed by atoms with Crippen molar-refractivity contribution in [3.8, 4) is 0 Å². The zero-order chi connectivity index (χ0) is 13.9. The molecule has 1 unspecified atom stereocenters. The van der Waals surface area contributed by atoms with E-state index in [1.54, 1.807) is 0 Å². The molecule has 0 spiro atoms. The lowest BCUT2D eigenvalue weighted by molar-refractivity contribution is -0.134. The van der Waals surface area contributed by atoms with E-state index in [1.807, 2.05) is 15.8 Å². The summed E-state index contributed by atoms with van der Waals surface area (Å²) in [5, 5.41) is 7.66. The van der Waals surface area contributed by atoms with Gasteiger partial charge in [0, 0.05) is 25.8 Å². The number of amides is 1. The Morgan fingerprint density at radius 1 is 1.32 bits per heavy atom. The van der Waals surface area contributed by atoms with E-state index in [4.69, 9.17) is 0 Å². The van der Waals surface area contributed by atoms with Gasteiger partial charge in [0.15, 0.2) is 0 Å². The van der Waals surface area contributed by atoms with E-state index in [0.29, 0.717) is 11.8 Å². The van der Waals surface area contributed by atoms with Crippen molar-refractivity contribution in [2.45, 2.75) is 51.1 Å². The Balaban J connectivity index is 0.00000121. The van der Waals surface area contributed by atoms with E-state index in [1.165, 1.54) is 5.56 Å².